The van der Waals surface area contributed by atoms with Gasteiger partial charge in [0.25, 0.3) is 11.8 Å². The third-order valence-corrected chi connectivity index (χ3v) is 13.7. The zero-order chi connectivity index (χ0) is 42.6. The number of carbonyl (C=O) groups excluding carboxylic acids is 5. The van der Waals surface area contributed by atoms with Crippen LogP contribution in [0.15, 0.2) is 65.1 Å². The molecule has 60 heavy (non-hydrogen) atoms. The minimum atomic E-state index is -3.94. The molecule has 316 valence electrons. The number of nitrogens with two attached hydrogens (primary N) is 1. The van der Waals surface area contributed by atoms with Gasteiger partial charge in [-0.15, -0.1) is 0 Å². The van der Waals surface area contributed by atoms with Gasteiger partial charge >= 0.3 is 11.8 Å². The van der Waals surface area contributed by atoms with Crippen LogP contribution in [0.3, 0.4) is 0 Å². The van der Waals surface area contributed by atoms with Gasteiger partial charge in [-0.2, -0.15) is 4.98 Å². The molecule has 8 rings (SSSR count). The second kappa shape index (κ2) is 15.6. The van der Waals surface area contributed by atoms with Gasteiger partial charge in [0.1, 0.15) is 34.8 Å². The number of amides is 5. The molecule has 4 heterocycles. The highest BCUT2D eigenvalue weighted by Crippen LogP contribution is 2.46. The molecular formula is C43H49N7O9S. The number of benzene rings is 2. The molecule has 5 amide bonds. The number of furan rings is 1. The van der Waals surface area contributed by atoms with E-state index in [1.54, 1.807) is 6.07 Å². The van der Waals surface area contributed by atoms with Crippen LogP contribution in [-0.4, -0.2) is 88.3 Å². The SMILES string of the molecule is CC(C)(C)c1ccc(-c2nc(O[C@@H]3C[C@H]4C(=O)N[C@]5(C(=O)NS(=O)(=O)C6CC6)C[C@H]5C=CCCCCC[C@H](NC(=O)C(N)=O)C(=O)N4C3)c3oc4ccccc4c3n2)cc1. The van der Waals surface area contributed by atoms with Crippen LogP contribution in [0.1, 0.15) is 84.1 Å². The van der Waals surface area contributed by atoms with Crippen molar-refractivity contribution in [2.24, 2.45) is 11.7 Å². The number of primary amides is 1. The Labute approximate surface area is 347 Å². The zero-order valence-corrected chi connectivity index (χ0v) is 34.5. The summed E-state index contributed by atoms with van der Waals surface area (Å²) in [5.41, 5.74) is 6.78. The molecule has 5 atom stereocenters. The van der Waals surface area contributed by atoms with E-state index in [9.17, 15) is 32.4 Å². The molecule has 2 aliphatic heterocycles. The van der Waals surface area contributed by atoms with Crippen molar-refractivity contribution in [3.63, 3.8) is 0 Å². The summed E-state index contributed by atoms with van der Waals surface area (Å²) in [5, 5.41) is 5.36. The maximum Gasteiger partial charge on any atom is 0.309 e. The minimum absolute atomic E-state index is 0.0754. The number of hydrogen-bond acceptors (Lipinski definition) is 11. The Morgan fingerprint density at radius 1 is 1.00 bits per heavy atom. The minimum Gasteiger partial charge on any atom is -0.470 e. The van der Waals surface area contributed by atoms with Crippen LogP contribution >= 0.6 is 0 Å². The first-order valence-corrected chi connectivity index (χ1v) is 22.0. The number of carbonyl (C=O) groups is 5. The maximum atomic E-state index is 14.5. The second-order valence-corrected chi connectivity index (χ2v) is 19.3. The third kappa shape index (κ3) is 8.18. The van der Waals surface area contributed by atoms with Crippen LogP contribution in [0, 0.1) is 5.92 Å². The molecule has 2 aromatic carbocycles. The molecule has 17 heteroatoms. The average Bonchev–Trinajstić information content (AvgIpc) is 4.11. The van der Waals surface area contributed by atoms with Crippen LogP contribution in [0.2, 0.25) is 0 Å². The molecule has 2 aliphatic carbocycles. The summed E-state index contributed by atoms with van der Waals surface area (Å²) in [6.45, 7) is 6.21. The van der Waals surface area contributed by atoms with Crippen molar-refractivity contribution in [3.05, 3.63) is 66.2 Å². The summed E-state index contributed by atoms with van der Waals surface area (Å²) in [6.07, 6.45) is 6.51. The van der Waals surface area contributed by atoms with E-state index in [1.807, 2.05) is 54.6 Å². The lowest BCUT2D eigenvalue weighted by Crippen LogP contribution is -2.58. The van der Waals surface area contributed by atoms with Gasteiger partial charge in [-0.3, -0.25) is 28.7 Å². The molecular weight excluding hydrogens is 791 g/mol. The molecule has 3 fully saturated rings. The highest BCUT2D eigenvalue weighted by molar-refractivity contribution is 7.91. The monoisotopic (exact) mass is 839 g/mol. The molecule has 2 aromatic heterocycles. The fourth-order valence-corrected chi connectivity index (χ4v) is 9.49. The number of aromatic nitrogens is 2. The predicted molar refractivity (Wildman–Crippen MR) is 220 cm³/mol. The Morgan fingerprint density at radius 2 is 1.75 bits per heavy atom. The molecule has 0 spiro atoms. The van der Waals surface area contributed by atoms with E-state index in [4.69, 9.17) is 24.9 Å². The van der Waals surface area contributed by atoms with E-state index in [0.717, 1.165) is 22.9 Å². The lowest BCUT2D eigenvalue weighted by molar-refractivity contribution is -0.144. The van der Waals surface area contributed by atoms with E-state index in [0.29, 0.717) is 49.0 Å². The van der Waals surface area contributed by atoms with E-state index in [1.165, 1.54) is 4.90 Å². The summed E-state index contributed by atoms with van der Waals surface area (Å²) < 4.78 is 40.9. The van der Waals surface area contributed by atoms with E-state index in [2.05, 4.69) is 36.1 Å². The topological polar surface area (TPSA) is 233 Å². The first-order chi connectivity index (χ1) is 28.5. The lowest BCUT2D eigenvalue weighted by Gasteiger charge is -2.29. The maximum absolute atomic E-state index is 14.5. The summed E-state index contributed by atoms with van der Waals surface area (Å²) in [5.74, 6) is -4.66. The van der Waals surface area contributed by atoms with Crippen molar-refractivity contribution >= 4 is 61.6 Å². The van der Waals surface area contributed by atoms with E-state index < -0.39 is 74.5 Å². The fraction of sp³-hybridized carbons (Fsp3) is 0.465. The molecule has 16 nitrogen and oxygen atoms in total. The summed E-state index contributed by atoms with van der Waals surface area (Å²) in [4.78, 5) is 78.3. The van der Waals surface area contributed by atoms with Crippen molar-refractivity contribution < 1.29 is 41.5 Å². The normalized spacial score (nSPS) is 25.1. The van der Waals surface area contributed by atoms with Gasteiger partial charge in [-0.25, -0.2) is 13.4 Å². The van der Waals surface area contributed by atoms with Gasteiger partial charge in [-0.1, -0.05) is 82.2 Å². The number of sulfonamides is 1. The Kier molecular flexibility index (Phi) is 10.7. The summed E-state index contributed by atoms with van der Waals surface area (Å²) in [6, 6.07) is 12.8. The Hall–Kier alpha value is -5.84. The molecule has 4 aliphatic rings. The second-order valence-electron chi connectivity index (χ2n) is 17.3. The van der Waals surface area contributed by atoms with Gasteiger partial charge in [0, 0.05) is 23.3 Å². The number of rotatable bonds is 7. The molecule has 5 N–H and O–H groups in total. The van der Waals surface area contributed by atoms with Crippen LogP contribution in [0.25, 0.3) is 33.5 Å². The number of hydrogen-bond donors (Lipinski definition) is 4. The smallest absolute Gasteiger partial charge is 0.309 e. The largest absolute Gasteiger partial charge is 0.470 e. The lowest BCUT2D eigenvalue weighted by atomic mass is 9.87. The van der Waals surface area contributed by atoms with Crippen LogP contribution < -0.4 is 25.8 Å². The van der Waals surface area contributed by atoms with Gasteiger partial charge in [0.2, 0.25) is 27.4 Å². The number of allylic oxidation sites excluding steroid dienone is 1. The summed E-state index contributed by atoms with van der Waals surface area (Å²) in [7, 11) is -3.94. The van der Waals surface area contributed by atoms with Gasteiger partial charge in [0.15, 0.2) is 5.82 Å². The number of nitrogens with zero attached hydrogens (tertiary/aromatic N) is 3. The first-order valence-electron chi connectivity index (χ1n) is 20.5. The van der Waals surface area contributed by atoms with Gasteiger partial charge in [0.05, 0.1) is 11.8 Å². The predicted octanol–water partition coefficient (Wildman–Crippen LogP) is 3.66. The fourth-order valence-electron chi connectivity index (χ4n) is 8.13. The highest BCUT2D eigenvalue weighted by atomic mass is 32.2. The van der Waals surface area contributed by atoms with Gasteiger partial charge in [-0.05, 0) is 61.6 Å². The molecule has 0 unspecified atom stereocenters. The number of ether oxygens (including phenoxy) is 1. The Bertz CT molecular complexity index is 2530. The third-order valence-electron chi connectivity index (χ3n) is 11.8. The standard InChI is InChI=1S/C43H49N7O9S/c1-42(2,3)25-17-15-24(16-18-25)36-46-33-29-12-9-10-14-32(29)59-34(33)39(47-36)58-27-21-31-37(52)48-43(41(55)49-60(56,57)28-19-20-28)22-26(43)11-7-5-4-6-8-13-30(40(54)50(31)23-27)45-38(53)35(44)51/h7,9-12,14-18,26-28,30-31H,4-6,8,13,19-23H2,1-3H3,(H2,44,51)(H,45,53)(H,48,52)(H,49,55)/t26-,27-,30+,31+,43-/m1/s1. The van der Waals surface area contributed by atoms with Gasteiger partial charge < -0.3 is 30.4 Å². The van der Waals surface area contributed by atoms with Crippen molar-refractivity contribution in [1.29, 1.82) is 0 Å². The number of fused-ring (bicyclic) bond motifs is 5. The molecule has 0 radical (unpaired) electrons. The number of para-hydroxylation sites is 1. The van der Waals surface area contributed by atoms with Crippen LogP contribution in [-0.2, 0) is 39.4 Å². The molecule has 2 saturated carbocycles. The van der Waals surface area contributed by atoms with Crippen LogP contribution in [0.5, 0.6) is 5.88 Å². The van der Waals surface area contributed by atoms with Crippen LogP contribution in [0.4, 0.5) is 0 Å². The van der Waals surface area contributed by atoms with Crippen molar-refractivity contribution in [1.82, 2.24) is 30.2 Å². The quantitative estimate of drug-likeness (QED) is 0.155. The van der Waals surface area contributed by atoms with E-state index in [-0.39, 0.29) is 42.7 Å². The molecule has 0 bridgehead atoms. The number of nitrogens with one attached hydrogen (secondary N) is 3. The average molecular weight is 840 g/mol. The highest BCUT2D eigenvalue weighted by Gasteiger charge is 2.62. The Morgan fingerprint density at radius 3 is 2.47 bits per heavy atom. The van der Waals surface area contributed by atoms with Crippen molar-refractivity contribution in [3.8, 4) is 17.3 Å². The molecule has 1 saturated heterocycles. The van der Waals surface area contributed by atoms with Crippen molar-refractivity contribution in [2.45, 2.75) is 113 Å². The summed E-state index contributed by atoms with van der Waals surface area (Å²) >= 11 is 0. The Balaban J connectivity index is 1.15. The zero-order valence-electron chi connectivity index (χ0n) is 33.7. The first kappa shape index (κ1) is 40.9. The molecule has 4 aromatic rings. The van der Waals surface area contributed by atoms with E-state index >= 15 is 0 Å². The van der Waals surface area contributed by atoms with Crippen molar-refractivity contribution in [2.75, 3.05) is 6.54 Å².